The number of rotatable bonds is 0. The second kappa shape index (κ2) is 3.17. The first-order chi connectivity index (χ1) is 5.84. The van der Waals surface area contributed by atoms with E-state index >= 15 is 0 Å². The summed E-state index contributed by atoms with van der Waals surface area (Å²) in [6.07, 6.45) is 4.50. The molecule has 0 atom stereocenters. The Bertz CT molecular complexity index is 299. The maximum absolute atomic E-state index is 2.27. The van der Waals surface area contributed by atoms with Gasteiger partial charge in [-0.2, -0.15) is 0 Å². The molecule has 0 aromatic rings. The standard InChI is InChI=1S/C13H20/c1-9(2)11-7-8-12(10(11)3)13(4,5)6/h7-8H,1-6H3. The first kappa shape index (κ1) is 10.3. The molecule has 72 valence electrons. The molecule has 0 nitrogen and oxygen atoms in total. The molecule has 0 heteroatoms. The summed E-state index contributed by atoms with van der Waals surface area (Å²) < 4.78 is 0. The van der Waals surface area contributed by atoms with E-state index in [0.717, 1.165) is 0 Å². The molecular weight excluding hydrogens is 156 g/mol. The third-order valence-corrected chi connectivity index (χ3v) is 2.57. The normalized spacial score (nSPS) is 17.2. The van der Waals surface area contributed by atoms with Crippen molar-refractivity contribution in [3.8, 4) is 0 Å². The van der Waals surface area contributed by atoms with Crippen LogP contribution in [0.2, 0.25) is 0 Å². The third-order valence-electron chi connectivity index (χ3n) is 2.57. The number of hydrogen-bond donors (Lipinski definition) is 0. The van der Waals surface area contributed by atoms with Crippen molar-refractivity contribution in [3.05, 3.63) is 34.4 Å². The van der Waals surface area contributed by atoms with E-state index in [1.54, 1.807) is 0 Å². The van der Waals surface area contributed by atoms with Crippen molar-refractivity contribution in [1.29, 1.82) is 0 Å². The van der Waals surface area contributed by atoms with Crippen LogP contribution in [0, 0.1) is 5.41 Å². The number of allylic oxidation sites excluding steroid dienone is 6. The summed E-state index contributed by atoms with van der Waals surface area (Å²) in [6.45, 7) is 13.4. The molecule has 1 aliphatic rings. The summed E-state index contributed by atoms with van der Waals surface area (Å²) >= 11 is 0. The van der Waals surface area contributed by atoms with Gasteiger partial charge in [0.2, 0.25) is 0 Å². The lowest BCUT2D eigenvalue weighted by atomic mass is 9.84. The van der Waals surface area contributed by atoms with Crippen LogP contribution in [0.5, 0.6) is 0 Å². The second-order valence-electron chi connectivity index (χ2n) is 5.04. The van der Waals surface area contributed by atoms with Gasteiger partial charge in [0.05, 0.1) is 0 Å². The van der Waals surface area contributed by atoms with E-state index in [2.05, 4.69) is 53.7 Å². The van der Waals surface area contributed by atoms with Crippen LogP contribution >= 0.6 is 0 Å². The van der Waals surface area contributed by atoms with Gasteiger partial charge in [-0.25, -0.2) is 0 Å². The zero-order valence-electron chi connectivity index (χ0n) is 9.65. The maximum Gasteiger partial charge on any atom is -0.0129 e. The van der Waals surface area contributed by atoms with Gasteiger partial charge in [0.1, 0.15) is 0 Å². The molecule has 0 aromatic heterocycles. The van der Waals surface area contributed by atoms with Gasteiger partial charge in [0.15, 0.2) is 0 Å². The van der Waals surface area contributed by atoms with Crippen molar-refractivity contribution in [3.63, 3.8) is 0 Å². The first-order valence-electron chi connectivity index (χ1n) is 4.91. The lowest BCUT2D eigenvalue weighted by Gasteiger charge is -2.20. The van der Waals surface area contributed by atoms with Crippen LogP contribution in [-0.2, 0) is 0 Å². The Morgan fingerprint density at radius 3 is 1.85 bits per heavy atom. The Balaban J connectivity index is 3.19. The average Bonchev–Trinajstić information content (AvgIpc) is 2.28. The fourth-order valence-electron chi connectivity index (χ4n) is 1.92. The largest absolute Gasteiger partial charge is 0.0689 e. The van der Waals surface area contributed by atoms with E-state index in [1.807, 2.05) is 0 Å². The van der Waals surface area contributed by atoms with Crippen LogP contribution in [0.15, 0.2) is 34.4 Å². The molecule has 1 rings (SSSR count). The highest BCUT2D eigenvalue weighted by Crippen LogP contribution is 2.37. The van der Waals surface area contributed by atoms with Gasteiger partial charge in [0, 0.05) is 0 Å². The molecule has 0 saturated heterocycles. The minimum atomic E-state index is 0.276. The van der Waals surface area contributed by atoms with Crippen molar-refractivity contribution < 1.29 is 0 Å². The van der Waals surface area contributed by atoms with Gasteiger partial charge in [0.25, 0.3) is 0 Å². The Morgan fingerprint density at radius 2 is 1.62 bits per heavy atom. The summed E-state index contributed by atoms with van der Waals surface area (Å²) in [4.78, 5) is 0. The molecule has 0 heterocycles. The molecule has 0 aliphatic heterocycles. The molecule has 0 amide bonds. The van der Waals surface area contributed by atoms with E-state index in [1.165, 1.54) is 22.3 Å². The quantitative estimate of drug-likeness (QED) is 0.517. The highest BCUT2D eigenvalue weighted by molar-refractivity contribution is 5.55. The topological polar surface area (TPSA) is 0 Å². The SMILES string of the molecule is CC(C)=C1C=CC(C(C)(C)C)=C1C. The van der Waals surface area contributed by atoms with Gasteiger partial charge >= 0.3 is 0 Å². The molecule has 1 aliphatic carbocycles. The number of hydrogen-bond acceptors (Lipinski definition) is 0. The molecule has 0 N–H and O–H groups in total. The smallest absolute Gasteiger partial charge is 0.0129 e. The van der Waals surface area contributed by atoms with E-state index < -0.39 is 0 Å². The van der Waals surface area contributed by atoms with E-state index in [9.17, 15) is 0 Å². The van der Waals surface area contributed by atoms with Gasteiger partial charge in [-0.3, -0.25) is 0 Å². The van der Waals surface area contributed by atoms with Crippen molar-refractivity contribution in [2.45, 2.75) is 41.5 Å². The van der Waals surface area contributed by atoms with Crippen molar-refractivity contribution in [1.82, 2.24) is 0 Å². The van der Waals surface area contributed by atoms with Crippen LogP contribution in [0.1, 0.15) is 41.5 Å². The summed E-state index contributed by atoms with van der Waals surface area (Å²) in [6, 6.07) is 0. The molecule has 0 bridgehead atoms. The highest BCUT2D eigenvalue weighted by Gasteiger charge is 2.21. The molecular formula is C13H20. The minimum Gasteiger partial charge on any atom is -0.0689 e. The van der Waals surface area contributed by atoms with Crippen molar-refractivity contribution in [2.75, 3.05) is 0 Å². The minimum absolute atomic E-state index is 0.276. The Kier molecular flexibility index (Phi) is 2.51. The van der Waals surface area contributed by atoms with E-state index in [4.69, 9.17) is 0 Å². The predicted octanol–water partition coefficient (Wildman–Crippen LogP) is 4.26. The lowest BCUT2D eigenvalue weighted by Crippen LogP contribution is -2.07. The van der Waals surface area contributed by atoms with Crippen LogP contribution in [0.4, 0.5) is 0 Å². The molecule has 13 heavy (non-hydrogen) atoms. The van der Waals surface area contributed by atoms with Crippen molar-refractivity contribution >= 4 is 0 Å². The fraction of sp³-hybridized carbons (Fsp3) is 0.538. The highest BCUT2D eigenvalue weighted by atomic mass is 14.3. The third kappa shape index (κ3) is 1.93. The van der Waals surface area contributed by atoms with Gasteiger partial charge in [-0.1, -0.05) is 38.5 Å². The van der Waals surface area contributed by atoms with Gasteiger partial charge in [-0.15, -0.1) is 0 Å². The van der Waals surface area contributed by atoms with E-state index in [0.29, 0.717) is 0 Å². The molecule has 0 saturated carbocycles. The molecule has 0 unspecified atom stereocenters. The summed E-state index contributed by atoms with van der Waals surface area (Å²) in [5, 5.41) is 0. The molecule has 0 radical (unpaired) electrons. The molecule has 0 spiro atoms. The van der Waals surface area contributed by atoms with Crippen LogP contribution in [0.3, 0.4) is 0 Å². The second-order valence-corrected chi connectivity index (χ2v) is 5.04. The van der Waals surface area contributed by atoms with Crippen molar-refractivity contribution in [2.24, 2.45) is 5.41 Å². The van der Waals surface area contributed by atoms with Crippen LogP contribution in [0.25, 0.3) is 0 Å². The Morgan fingerprint density at radius 1 is 1.08 bits per heavy atom. The molecule has 0 fully saturated rings. The Hall–Kier alpha value is -0.780. The Labute approximate surface area is 82.0 Å². The fourth-order valence-corrected chi connectivity index (χ4v) is 1.92. The van der Waals surface area contributed by atoms with Gasteiger partial charge in [-0.05, 0) is 42.9 Å². The molecule has 0 aromatic carbocycles. The zero-order valence-corrected chi connectivity index (χ0v) is 9.65. The zero-order chi connectivity index (χ0) is 10.2. The summed E-state index contributed by atoms with van der Waals surface area (Å²) in [7, 11) is 0. The monoisotopic (exact) mass is 176 g/mol. The van der Waals surface area contributed by atoms with E-state index in [-0.39, 0.29) is 5.41 Å². The van der Waals surface area contributed by atoms with Crippen LogP contribution < -0.4 is 0 Å². The van der Waals surface area contributed by atoms with Crippen LogP contribution in [-0.4, -0.2) is 0 Å². The summed E-state index contributed by atoms with van der Waals surface area (Å²) in [5.41, 5.74) is 6.03. The lowest BCUT2D eigenvalue weighted by molar-refractivity contribution is 0.515. The maximum atomic E-state index is 2.27. The summed E-state index contributed by atoms with van der Waals surface area (Å²) in [5.74, 6) is 0. The van der Waals surface area contributed by atoms with Gasteiger partial charge < -0.3 is 0 Å². The first-order valence-corrected chi connectivity index (χ1v) is 4.91. The average molecular weight is 176 g/mol. The predicted molar refractivity (Wildman–Crippen MR) is 59.7 cm³/mol.